The molecule has 0 fully saturated rings. The summed E-state index contributed by atoms with van der Waals surface area (Å²) in [6.45, 7) is 7.14. The Labute approximate surface area is 96.1 Å². The van der Waals surface area contributed by atoms with Crippen LogP contribution in [0, 0.1) is 13.8 Å². The van der Waals surface area contributed by atoms with Gasteiger partial charge in [-0.05, 0) is 26.5 Å². The number of hydrogen-bond acceptors (Lipinski definition) is 4. The Morgan fingerprint density at radius 2 is 2.20 bits per heavy atom. The first kappa shape index (κ1) is 12.3. The second-order valence-electron chi connectivity index (χ2n) is 3.71. The van der Waals surface area contributed by atoms with E-state index >= 15 is 0 Å². The number of aryl methyl sites for hydroxylation is 2. The van der Waals surface area contributed by atoms with Crippen LogP contribution in [0.15, 0.2) is 6.20 Å². The van der Waals surface area contributed by atoms with Crippen LogP contribution in [0.1, 0.15) is 24.7 Å². The summed E-state index contributed by atoms with van der Waals surface area (Å²) in [5.41, 5.74) is 1.93. The van der Waals surface area contributed by atoms with Gasteiger partial charge in [-0.25, -0.2) is 4.98 Å². The van der Waals surface area contributed by atoms with Crippen molar-refractivity contribution in [2.45, 2.75) is 32.4 Å². The van der Waals surface area contributed by atoms with Crippen LogP contribution in [0.5, 0.6) is 0 Å². The summed E-state index contributed by atoms with van der Waals surface area (Å²) >= 11 is 1.89. The molecule has 0 saturated heterocycles. The maximum absolute atomic E-state index is 4.41. The Bertz CT molecular complexity index is 315. The average molecular weight is 225 g/mol. The number of thioether (sulfide) groups is 1. The minimum atomic E-state index is 0.690. The maximum atomic E-state index is 4.41. The van der Waals surface area contributed by atoms with Crippen LogP contribution >= 0.6 is 11.8 Å². The van der Waals surface area contributed by atoms with Gasteiger partial charge >= 0.3 is 0 Å². The van der Waals surface area contributed by atoms with Gasteiger partial charge in [-0.2, -0.15) is 11.8 Å². The van der Waals surface area contributed by atoms with Gasteiger partial charge in [0, 0.05) is 18.0 Å². The van der Waals surface area contributed by atoms with Gasteiger partial charge < -0.3 is 5.32 Å². The molecule has 1 aromatic heterocycles. The van der Waals surface area contributed by atoms with E-state index in [1.807, 2.05) is 25.6 Å². The van der Waals surface area contributed by atoms with Gasteiger partial charge in [0.05, 0.1) is 11.4 Å². The van der Waals surface area contributed by atoms with E-state index in [-0.39, 0.29) is 0 Å². The number of nitrogens with one attached hydrogen (secondary N) is 1. The predicted molar refractivity (Wildman–Crippen MR) is 67.6 cm³/mol. The molecule has 15 heavy (non-hydrogen) atoms. The van der Waals surface area contributed by atoms with Crippen LogP contribution < -0.4 is 5.32 Å². The van der Waals surface area contributed by atoms with E-state index in [4.69, 9.17) is 0 Å². The molecule has 0 bridgehead atoms. The van der Waals surface area contributed by atoms with Crippen molar-refractivity contribution in [3.63, 3.8) is 0 Å². The van der Waals surface area contributed by atoms with Gasteiger partial charge in [-0.3, -0.25) is 4.98 Å². The lowest BCUT2D eigenvalue weighted by molar-refractivity contribution is 0.845. The van der Waals surface area contributed by atoms with Gasteiger partial charge in [0.2, 0.25) is 0 Å². The molecule has 1 atom stereocenters. The van der Waals surface area contributed by atoms with E-state index in [0.717, 1.165) is 30.2 Å². The Morgan fingerprint density at radius 1 is 1.47 bits per heavy atom. The molecular formula is C11H19N3S. The molecule has 3 nitrogen and oxygen atoms in total. The Balaban J connectivity index is 2.46. The molecule has 1 unspecified atom stereocenters. The minimum Gasteiger partial charge on any atom is -0.369 e. The molecular weight excluding hydrogens is 206 g/mol. The highest BCUT2D eigenvalue weighted by molar-refractivity contribution is 7.99. The zero-order chi connectivity index (χ0) is 11.3. The predicted octanol–water partition coefficient (Wildman–Crippen LogP) is 2.65. The average Bonchev–Trinajstić information content (AvgIpc) is 2.23. The van der Waals surface area contributed by atoms with Crippen LogP contribution in [0.3, 0.4) is 0 Å². The van der Waals surface area contributed by atoms with Crippen molar-refractivity contribution in [3.8, 4) is 0 Å². The number of anilines is 1. The maximum Gasteiger partial charge on any atom is 0.147 e. The molecule has 0 aliphatic carbocycles. The Morgan fingerprint density at radius 3 is 2.87 bits per heavy atom. The smallest absolute Gasteiger partial charge is 0.147 e. The van der Waals surface area contributed by atoms with Gasteiger partial charge in [0.1, 0.15) is 5.82 Å². The van der Waals surface area contributed by atoms with E-state index in [0.29, 0.717) is 5.25 Å². The zero-order valence-electron chi connectivity index (χ0n) is 9.87. The van der Waals surface area contributed by atoms with Crippen molar-refractivity contribution in [3.05, 3.63) is 17.6 Å². The lowest BCUT2D eigenvalue weighted by Gasteiger charge is -2.11. The summed E-state index contributed by atoms with van der Waals surface area (Å²) in [6.07, 6.45) is 5.09. The van der Waals surface area contributed by atoms with Gasteiger partial charge in [0.15, 0.2) is 0 Å². The first-order valence-corrected chi connectivity index (χ1v) is 6.49. The third kappa shape index (κ3) is 4.08. The highest BCUT2D eigenvalue weighted by Crippen LogP contribution is 2.12. The fraction of sp³-hybridized carbons (Fsp3) is 0.636. The second-order valence-corrected chi connectivity index (χ2v) is 4.98. The van der Waals surface area contributed by atoms with Crippen molar-refractivity contribution in [1.82, 2.24) is 9.97 Å². The largest absolute Gasteiger partial charge is 0.369 e. The number of hydrogen-bond donors (Lipinski definition) is 1. The molecule has 0 aliphatic heterocycles. The Hall–Kier alpha value is -0.770. The van der Waals surface area contributed by atoms with Crippen LogP contribution in [-0.4, -0.2) is 28.0 Å². The van der Waals surface area contributed by atoms with Gasteiger partial charge in [-0.1, -0.05) is 6.92 Å². The molecule has 0 radical (unpaired) electrons. The molecule has 0 spiro atoms. The van der Waals surface area contributed by atoms with Crippen molar-refractivity contribution in [1.29, 1.82) is 0 Å². The van der Waals surface area contributed by atoms with Crippen molar-refractivity contribution in [2.24, 2.45) is 0 Å². The monoisotopic (exact) mass is 225 g/mol. The van der Waals surface area contributed by atoms with E-state index in [2.05, 4.69) is 28.5 Å². The van der Waals surface area contributed by atoms with Gasteiger partial charge in [0.25, 0.3) is 0 Å². The molecule has 0 aromatic carbocycles. The third-order valence-corrected chi connectivity index (χ3v) is 3.36. The molecule has 0 saturated carbocycles. The Kier molecular flexibility index (Phi) is 4.88. The van der Waals surface area contributed by atoms with E-state index in [9.17, 15) is 0 Å². The molecule has 1 heterocycles. The molecule has 1 rings (SSSR count). The summed E-state index contributed by atoms with van der Waals surface area (Å²) in [7, 11) is 0. The zero-order valence-corrected chi connectivity index (χ0v) is 10.7. The van der Waals surface area contributed by atoms with Crippen LogP contribution in [-0.2, 0) is 0 Å². The SMILES string of the molecule is CSC(C)CCNc1nc(C)cnc1C. The van der Waals surface area contributed by atoms with Crippen molar-refractivity contribution < 1.29 is 0 Å². The second kappa shape index (κ2) is 5.95. The lowest BCUT2D eigenvalue weighted by atomic mass is 10.3. The first-order chi connectivity index (χ1) is 7.13. The lowest BCUT2D eigenvalue weighted by Crippen LogP contribution is -2.10. The standard InChI is InChI=1S/C11H19N3S/c1-8-7-13-10(3)11(14-8)12-6-5-9(2)15-4/h7,9H,5-6H2,1-4H3,(H,12,14). The number of aromatic nitrogens is 2. The van der Waals surface area contributed by atoms with Gasteiger partial charge in [-0.15, -0.1) is 0 Å². The highest BCUT2D eigenvalue weighted by Gasteiger charge is 2.02. The van der Waals surface area contributed by atoms with Crippen LogP contribution in [0.4, 0.5) is 5.82 Å². The number of rotatable bonds is 5. The van der Waals surface area contributed by atoms with Crippen molar-refractivity contribution in [2.75, 3.05) is 18.1 Å². The summed E-state index contributed by atoms with van der Waals surface area (Å²) in [5.74, 6) is 0.920. The molecule has 1 N–H and O–H groups in total. The number of nitrogens with zero attached hydrogens (tertiary/aromatic N) is 2. The molecule has 0 amide bonds. The molecule has 0 aliphatic rings. The molecule has 4 heteroatoms. The molecule has 84 valence electrons. The highest BCUT2D eigenvalue weighted by atomic mass is 32.2. The van der Waals surface area contributed by atoms with Crippen molar-refractivity contribution >= 4 is 17.6 Å². The topological polar surface area (TPSA) is 37.8 Å². The van der Waals surface area contributed by atoms with Crippen LogP contribution in [0.2, 0.25) is 0 Å². The summed E-state index contributed by atoms with van der Waals surface area (Å²) in [6, 6.07) is 0. The fourth-order valence-corrected chi connectivity index (χ4v) is 1.57. The minimum absolute atomic E-state index is 0.690. The first-order valence-electron chi connectivity index (χ1n) is 5.20. The fourth-order valence-electron chi connectivity index (χ4n) is 1.22. The normalized spacial score (nSPS) is 12.5. The van der Waals surface area contributed by atoms with E-state index in [1.54, 1.807) is 6.20 Å². The van der Waals surface area contributed by atoms with E-state index < -0.39 is 0 Å². The quantitative estimate of drug-likeness (QED) is 0.836. The van der Waals surface area contributed by atoms with Crippen LogP contribution in [0.25, 0.3) is 0 Å². The summed E-state index contributed by atoms with van der Waals surface area (Å²) < 4.78 is 0. The summed E-state index contributed by atoms with van der Waals surface area (Å²) in [4.78, 5) is 8.68. The third-order valence-electron chi connectivity index (χ3n) is 2.32. The van der Waals surface area contributed by atoms with E-state index in [1.165, 1.54) is 0 Å². The summed E-state index contributed by atoms with van der Waals surface area (Å²) in [5, 5.41) is 4.02. The molecule has 1 aromatic rings.